The third kappa shape index (κ3) is 4.16. The normalized spacial score (nSPS) is 19.5. The quantitative estimate of drug-likeness (QED) is 0.836. The van der Waals surface area contributed by atoms with E-state index in [-0.39, 0.29) is 12.1 Å². The number of thioether (sulfide) groups is 1. The number of likely N-dealkylation sites (tertiary alicyclic amines) is 1. The van der Waals surface area contributed by atoms with E-state index in [1.807, 2.05) is 37.4 Å². The Bertz CT molecular complexity index is 533. The van der Waals surface area contributed by atoms with Crippen molar-refractivity contribution >= 4 is 23.8 Å². The summed E-state index contributed by atoms with van der Waals surface area (Å²) in [6.07, 6.45) is 3.40. The second-order valence-electron chi connectivity index (χ2n) is 5.57. The Hall–Kier alpha value is -1.69. The van der Waals surface area contributed by atoms with Crippen molar-refractivity contribution in [2.24, 2.45) is 5.92 Å². The van der Waals surface area contributed by atoms with Crippen molar-refractivity contribution in [2.45, 2.75) is 30.7 Å². The average Bonchev–Trinajstić information content (AvgIpc) is 2.54. The van der Waals surface area contributed by atoms with Gasteiger partial charge in [0.05, 0.1) is 12.0 Å². The smallest absolute Gasteiger partial charge is 0.317 e. The fourth-order valence-electron chi connectivity index (χ4n) is 2.62. The van der Waals surface area contributed by atoms with Crippen molar-refractivity contribution in [3.63, 3.8) is 0 Å². The predicted molar refractivity (Wildman–Crippen MR) is 87.1 cm³/mol. The van der Waals surface area contributed by atoms with E-state index in [0.717, 1.165) is 12.0 Å². The zero-order chi connectivity index (χ0) is 16.1. The van der Waals surface area contributed by atoms with Crippen LogP contribution < -0.4 is 5.32 Å². The van der Waals surface area contributed by atoms with E-state index in [4.69, 9.17) is 5.11 Å². The summed E-state index contributed by atoms with van der Waals surface area (Å²) in [5, 5.41) is 12.0. The van der Waals surface area contributed by atoms with E-state index < -0.39 is 11.9 Å². The average molecular weight is 322 g/mol. The molecule has 1 heterocycles. The number of piperidine rings is 1. The number of urea groups is 1. The van der Waals surface area contributed by atoms with Crippen LogP contribution in [0.3, 0.4) is 0 Å². The van der Waals surface area contributed by atoms with Crippen LogP contribution in [0, 0.1) is 5.92 Å². The molecular weight excluding hydrogens is 300 g/mol. The van der Waals surface area contributed by atoms with Gasteiger partial charge in [-0.05, 0) is 43.7 Å². The van der Waals surface area contributed by atoms with Gasteiger partial charge in [-0.3, -0.25) is 4.79 Å². The maximum atomic E-state index is 12.3. The van der Waals surface area contributed by atoms with Gasteiger partial charge in [-0.15, -0.1) is 11.8 Å². The van der Waals surface area contributed by atoms with Crippen molar-refractivity contribution in [2.75, 3.05) is 19.3 Å². The molecule has 2 atom stereocenters. The highest BCUT2D eigenvalue weighted by Crippen LogP contribution is 2.20. The summed E-state index contributed by atoms with van der Waals surface area (Å²) in [6, 6.07) is 7.79. The standard InChI is InChI=1S/C16H22N2O3S/c1-11(12-5-7-14(22-2)8-6-12)17-16(21)18-9-3-4-13(10-18)15(19)20/h5-8,11,13H,3-4,9-10H2,1-2H3,(H,17,21)(H,19,20)/t11-,13?/m1/s1. The number of nitrogens with zero attached hydrogens (tertiary/aromatic N) is 1. The second kappa shape index (κ2) is 7.54. The number of hydrogen-bond acceptors (Lipinski definition) is 3. The van der Waals surface area contributed by atoms with Crippen LogP contribution in [0.5, 0.6) is 0 Å². The topological polar surface area (TPSA) is 69.6 Å². The molecule has 22 heavy (non-hydrogen) atoms. The lowest BCUT2D eigenvalue weighted by Gasteiger charge is -2.31. The van der Waals surface area contributed by atoms with Gasteiger partial charge >= 0.3 is 12.0 Å². The van der Waals surface area contributed by atoms with Gasteiger partial charge < -0.3 is 15.3 Å². The molecule has 2 amide bonds. The predicted octanol–water partition coefficient (Wildman–Crippen LogP) is 2.98. The van der Waals surface area contributed by atoms with Crippen LogP contribution in [0.1, 0.15) is 31.4 Å². The summed E-state index contributed by atoms with van der Waals surface area (Å²) in [6.45, 7) is 2.84. The minimum absolute atomic E-state index is 0.103. The maximum Gasteiger partial charge on any atom is 0.317 e. The Balaban J connectivity index is 1.93. The number of carbonyl (C=O) groups is 2. The van der Waals surface area contributed by atoms with Crippen molar-refractivity contribution in [1.82, 2.24) is 10.2 Å². The summed E-state index contributed by atoms with van der Waals surface area (Å²) in [5.74, 6) is -1.27. The van der Waals surface area contributed by atoms with Gasteiger partial charge in [0.15, 0.2) is 0 Å². The highest BCUT2D eigenvalue weighted by molar-refractivity contribution is 7.98. The highest BCUT2D eigenvalue weighted by atomic mass is 32.2. The van der Waals surface area contributed by atoms with E-state index in [2.05, 4.69) is 5.32 Å². The largest absolute Gasteiger partial charge is 0.481 e. The number of carbonyl (C=O) groups excluding carboxylic acids is 1. The summed E-state index contributed by atoms with van der Waals surface area (Å²) in [5.41, 5.74) is 1.04. The lowest BCUT2D eigenvalue weighted by Crippen LogP contribution is -2.47. The van der Waals surface area contributed by atoms with Crippen LogP contribution in [-0.4, -0.2) is 41.4 Å². The van der Waals surface area contributed by atoms with E-state index >= 15 is 0 Å². The third-order valence-electron chi connectivity index (χ3n) is 4.01. The Morgan fingerprint density at radius 1 is 1.36 bits per heavy atom. The van der Waals surface area contributed by atoms with Gasteiger partial charge in [0.25, 0.3) is 0 Å². The minimum Gasteiger partial charge on any atom is -0.481 e. The zero-order valence-corrected chi connectivity index (χ0v) is 13.7. The van der Waals surface area contributed by atoms with Gasteiger partial charge in [-0.25, -0.2) is 4.79 Å². The van der Waals surface area contributed by atoms with E-state index in [1.165, 1.54) is 4.90 Å². The number of hydrogen-bond donors (Lipinski definition) is 2. The van der Waals surface area contributed by atoms with Crippen LogP contribution in [0.25, 0.3) is 0 Å². The van der Waals surface area contributed by atoms with Crippen molar-refractivity contribution < 1.29 is 14.7 Å². The molecule has 0 aromatic heterocycles. The molecule has 0 saturated carbocycles. The molecule has 1 aromatic carbocycles. The molecule has 1 saturated heterocycles. The Kier molecular flexibility index (Phi) is 5.71. The molecule has 120 valence electrons. The molecule has 1 aliphatic rings. The lowest BCUT2D eigenvalue weighted by atomic mass is 9.98. The van der Waals surface area contributed by atoms with E-state index in [0.29, 0.717) is 19.5 Å². The summed E-state index contributed by atoms with van der Waals surface area (Å²) in [4.78, 5) is 26.1. The van der Waals surface area contributed by atoms with Crippen LogP contribution >= 0.6 is 11.8 Å². The zero-order valence-electron chi connectivity index (χ0n) is 12.9. The Morgan fingerprint density at radius 3 is 2.64 bits per heavy atom. The number of amides is 2. The van der Waals surface area contributed by atoms with Crippen molar-refractivity contribution in [3.8, 4) is 0 Å². The third-order valence-corrected chi connectivity index (χ3v) is 4.76. The molecule has 1 aliphatic heterocycles. The number of carboxylic acid groups (broad SMARTS) is 1. The summed E-state index contributed by atoms with van der Waals surface area (Å²) < 4.78 is 0. The Morgan fingerprint density at radius 2 is 2.05 bits per heavy atom. The summed E-state index contributed by atoms with van der Waals surface area (Å²) in [7, 11) is 0. The maximum absolute atomic E-state index is 12.3. The van der Waals surface area contributed by atoms with E-state index in [9.17, 15) is 9.59 Å². The van der Waals surface area contributed by atoms with E-state index in [1.54, 1.807) is 16.7 Å². The molecule has 0 bridgehead atoms. The van der Waals surface area contributed by atoms with Gasteiger partial charge in [0.2, 0.25) is 0 Å². The minimum atomic E-state index is -0.821. The lowest BCUT2D eigenvalue weighted by molar-refractivity contribution is -0.143. The van der Waals surface area contributed by atoms with Crippen LogP contribution in [0.4, 0.5) is 4.79 Å². The van der Waals surface area contributed by atoms with Gasteiger partial charge in [-0.2, -0.15) is 0 Å². The fourth-order valence-corrected chi connectivity index (χ4v) is 3.02. The summed E-state index contributed by atoms with van der Waals surface area (Å²) >= 11 is 1.68. The first kappa shape index (κ1) is 16.7. The fraction of sp³-hybridized carbons (Fsp3) is 0.500. The molecule has 1 fully saturated rings. The second-order valence-corrected chi connectivity index (χ2v) is 6.45. The van der Waals surface area contributed by atoms with Crippen molar-refractivity contribution in [3.05, 3.63) is 29.8 Å². The highest BCUT2D eigenvalue weighted by Gasteiger charge is 2.28. The molecule has 6 heteroatoms. The molecule has 5 nitrogen and oxygen atoms in total. The van der Waals surface area contributed by atoms with Gasteiger partial charge in [-0.1, -0.05) is 12.1 Å². The molecule has 2 N–H and O–H groups in total. The molecular formula is C16H22N2O3S. The van der Waals surface area contributed by atoms with Crippen LogP contribution in [-0.2, 0) is 4.79 Å². The van der Waals surface area contributed by atoms with Gasteiger partial charge in [0, 0.05) is 18.0 Å². The first-order valence-corrected chi connectivity index (χ1v) is 8.66. The number of aliphatic carboxylic acids is 1. The van der Waals surface area contributed by atoms with Gasteiger partial charge in [0.1, 0.15) is 0 Å². The first-order valence-electron chi connectivity index (χ1n) is 7.43. The molecule has 0 spiro atoms. The van der Waals surface area contributed by atoms with Crippen LogP contribution in [0.2, 0.25) is 0 Å². The number of rotatable bonds is 4. The van der Waals surface area contributed by atoms with Crippen LogP contribution in [0.15, 0.2) is 29.2 Å². The van der Waals surface area contributed by atoms with Crippen molar-refractivity contribution in [1.29, 1.82) is 0 Å². The Labute approximate surface area is 135 Å². The first-order chi connectivity index (χ1) is 10.5. The molecule has 1 unspecified atom stereocenters. The molecule has 0 aliphatic carbocycles. The number of benzene rings is 1. The molecule has 0 radical (unpaired) electrons. The monoisotopic (exact) mass is 322 g/mol. The molecule has 2 rings (SSSR count). The number of nitrogens with one attached hydrogen (secondary N) is 1. The molecule has 1 aromatic rings. The number of carboxylic acids is 1. The SMILES string of the molecule is CSc1ccc([C@@H](C)NC(=O)N2CCCC(C(=O)O)C2)cc1.